The minimum atomic E-state index is -0.569. The lowest BCUT2D eigenvalue weighted by Crippen LogP contribution is -2.61. The van der Waals surface area contributed by atoms with E-state index in [1.807, 2.05) is 79.7 Å². The van der Waals surface area contributed by atoms with Crippen LogP contribution in [-0.2, 0) is 22.6 Å². The monoisotopic (exact) mass is 481 g/mol. The minimum Gasteiger partial charge on any atom is -0.350 e. The third-order valence-corrected chi connectivity index (χ3v) is 6.85. The van der Waals surface area contributed by atoms with Gasteiger partial charge in [-0.05, 0) is 48.1 Å². The molecule has 4 rings (SSSR count). The Kier molecular flexibility index (Phi) is 8.69. The summed E-state index contributed by atoms with van der Waals surface area (Å²) in [5.41, 5.74) is 5.55. The summed E-state index contributed by atoms with van der Waals surface area (Å²) in [6, 6.07) is 27.1. The second-order valence-electron chi connectivity index (χ2n) is 9.28. The van der Waals surface area contributed by atoms with Gasteiger partial charge in [0.25, 0.3) is 0 Å². The van der Waals surface area contributed by atoms with Crippen LogP contribution in [0, 0.1) is 6.92 Å². The van der Waals surface area contributed by atoms with Crippen molar-refractivity contribution in [2.75, 3.05) is 13.1 Å². The first-order valence-electron chi connectivity index (χ1n) is 12.7. The lowest BCUT2D eigenvalue weighted by molar-refractivity contribution is -0.144. The summed E-state index contributed by atoms with van der Waals surface area (Å²) >= 11 is 0. The van der Waals surface area contributed by atoms with Crippen molar-refractivity contribution >= 4 is 17.4 Å². The first kappa shape index (κ1) is 25.4. The molecule has 1 heterocycles. The zero-order valence-electron chi connectivity index (χ0n) is 21.1. The van der Waals surface area contributed by atoms with E-state index < -0.39 is 6.04 Å². The molecule has 0 bridgehead atoms. The van der Waals surface area contributed by atoms with Crippen molar-refractivity contribution in [1.29, 1.82) is 0 Å². The second-order valence-corrected chi connectivity index (χ2v) is 9.28. The van der Waals surface area contributed by atoms with E-state index >= 15 is 0 Å². The number of piperazine rings is 1. The van der Waals surface area contributed by atoms with E-state index in [0.717, 1.165) is 22.3 Å². The van der Waals surface area contributed by atoms with Gasteiger partial charge in [0, 0.05) is 26.1 Å². The van der Waals surface area contributed by atoms with Gasteiger partial charge in [0.05, 0.1) is 6.04 Å². The van der Waals surface area contributed by atoms with Gasteiger partial charge in [0.1, 0.15) is 6.04 Å². The molecule has 36 heavy (non-hydrogen) atoms. The Hall–Kier alpha value is -3.70. The fraction of sp³-hybridized carbons (Fsp3) is 0.290. The van der Waals surface area contributed by atoms with Gasteiger partial charge in [-0.3, -0.25) is 9.59 Å². The maximum absolute atomic E-state index is 13.8. The molecule has 5 nitrogen and oxygen atoms in total. The van der Waals surface area contributed by atoms with E-state index in [1.54, 1.807) is 4.90 Å². The maximum Gasteiger partial charge on any atom is 0.243 e. The molecule has 2 unspecified atom stereocenters. The lowest BCUT2D eigenvalue weighted by atomic mass is 9.93. The number of benzene rings is 3. The number of rotatable bonds is 9. The molecule has 1 fully saturated rings. The van der Waals surface area contributed by atoms with Crippen molar-refractivity contribution < 1.29 is 9.59 Å². The predicted octanol–water partition coefficient (Wildman–Crippen LogP) is 4.52. The van der Waals surface area contributed by atoms with Gasteiger partial charge in [0.15, 0.2) is 0 Å². The highest BCUT2D eigenvalue weighted by Gasteiger charge is 2.36. The molecule has 1 aliphatic rings. The van der Waals surface area contributed by atoms with E-state index in [4.69, 9.17) is 0 Å². The Balaban J connectivity index is 1.53. The van der Waals surface area contributed by atoms with Gasteiger partial charge >= 0.3 is 0 Å². The average Bonchev–Trinajstić information content (AvgIpc) is 2.92. The number of hydrogen-bond donors (Lipinski definition) is 2. The Morgan fingerprint density at radius 2 is 1.64 bits per heavy atom. The molecule has 3 aromatic carbocycles. The molecule has 0 saturated carbocycles. The highest BCUT2D eigenvalue weighted by molar-refractivity contribution is 5.91. The molecule has 0 aromatic heterocycles. The number of carbonyl (C=O) groups excluding carboxylic acids is 2. The van der Waals surface area contributed by atoms with Crippen LogP contribution in [0.25, 0.3) is 5.57 Å². The smallest absolute Gasteiger partial charge is 0.243 e. The largest absolute Gasteiger partial charge is 0.350 e. The molecule has 1 saturated heterocycles. The SMILES string of the molecule is C/C=C(/CC1NCCN(C(Cc2ccccc2)C(=O)NCc2ccccc2)C1=O)c1ccccc1C. The van der Waals surface area contributed by atoms with Gasteiger partial charge in [-0.2, -0.15) is 0 Å². The fourth-order valence-corrected chi connectivity index (χ4v) is 4.85. The molecule has 2 atom stereocenters. The molecule has 186 valence electrons. The number of carbonyl (C=O) groups is 2. The molecule has 5 heteroatoms. The summed E-state index contributed by atoms with van der Waals surface area (Å²) in [5.74, 6) is -0.146. The van der Waals surface area contributed by atoms with Crippen LogP contribution in [0.3, 0.4) is 0 Å². The second kappa shape index (κ2) is 12.3. The van der Waals surface area contributed by atoms with Crippen LogP contribution in [0.4, 0.5) is 0 Å². The van der Waals surface area contributed by atoms with Crippen LogP contribution in [0.15, 0.2) is 91.0 Å². The molecular formula is C31H35N3O2. The lowest BCUT2D eigenvalue weighted by Gasteiger charge is -2.38. The van der Waals surface area contributed by atoms with Gasteiger partial charge in [-0.25, -0.2) is 0 Å². The van der Waals surface area contributed by atoms with Crippen LogP contribution in [0.1, 0.15) is 35.6 Å². The first-order valence-corrected chi connectivity index (χ1v) is 12.7. The fourth-order valence-electron chi connectivity index (χ4n) is 4.85. The number of nitrogens with one attached hydrogen (secondary N) is 2. The Bertz CT molecular complexity index is 1190. The third kappa shape index (κ3) is 6.29. The quantitative estimate of drug-likeness (QED) is 0.473. The van der Waals surface area contributed by atoms with Crippen LogP contribution >= 0.6 is 0 Å². The highest BCUT2D eigenvalue weighted by atomic mass is 16.2. The van der Waals surface area contributed by atoms with Gasteiger partial charge < -0.3 is 15.5 Å². The number of hydrogen-bond acceptors (Lipinski definition) is 3. The summed E-state index contributed by atoms with van der Waals surface area (Å²) in [4.78, 5) is 29.0. The summed E-state index contributed by atoms with van der Waals surface area (Å²) < 4.78 is 0. The molecule has 0 spiro atoms. The summed E-state index contributed by atoms with van der Waals surface area (Å²) in [6.45, 7) is 5.69. The topological polar surface area (TPSA) is 61.4 Å². The average molecular weight is 482 g/mol. The van der Waals surface area contributed by atoms with Crippen molar-refractivity contribution in [2.45, 2.75) is 45.3 Å². The molecule has 1 aliphatic heterocycles. The van der Waals surface area contributed by atoms with E-state index in [-0.39, 0.29) is 17.9 Å². The molecule has 0 aliphatic carbocycles. The van der Waals surface area contributed by atoms with E-state index in [0.29, 0.717) is 32.5 Å². The van der Waals surface area contributed by atoms with Crippen molar-refractivity contribution in [2.24, 2.45) is 0 Å². The first-order chi connectivity index (χ1) is 17.6. The van der Waals surface area contributed by atoms with Crippen LogP contribution in [-0.4, -0.2) is 41.9 Å². The predicted molar refractivity (Wildman–Crippen MR) is 145 cm³/mol. The number of nitrogens with zero attached hydrogens (tertiary/aromatic N) is 1. The van der Waals surface area contributed by atoms with Crippen molar-refractivity contribution in [3.8, 4) is 0 Å². The summed E-state index contributed by atoms with van der Waals surface area (Å²) in [6.07, 6.45) is 3.15. The van der Waals surface area contributed by atoms with Gasteiger partial charge in [-0.1, -0.05) is 91.0 Å². The van der Waals surface area contributed by atoms with E-state index in [1.165, 1.54) is 5.56 Å². The zero-order chi connectivity index (χ0) is 25.3. The van der Waals surface area contributed by atoms with E-state index in [9.17, 15) is 9.59 Å². The van der Waals surface area contributed by atoms with Crippen molar-refractivity contribution in [1.82, 2.24) is 15.5 Å². The van der Waals surface area contributed by atoms with Crippen molar-refractivity contribution in [3.63, 3.8) is 0 Å². The Labute approximate surface area is 214 Å². The van der Waals surface area contributed by atoms with Crippen LogP contribution in [0.2, 0.25) is 0 Å². The summed E-state index contributed by atoms with van der Waals surface area (Å²) in [5, 5.41) is 6.48. The molecular weight excluding hydrogens is 446 g/mol. The standard InChI is InChI=1S/C31H35N3O2/c1-3-26(27-17-11-10-12-23(27)2)21-28-31(36)34(19-18-32-28)29(20-24-13-6-4-7-14-24)30(35)33-22-25-15-8-5-9-16-25/h3-17,28-29,32H,18-22H2,1-2H3,(H,33,35)/b26-3-. The van der Waals surface area contributed by atoms with Crippen LogP contribution in [0.5, 0.6) is 0 Å². The Morgan fingerprint density at radius 3 is 2.31 bits per heavy atom. The molecule has 3 aromatic rings. The maximum atomic E-state index is 13.8. The van der Waals surface area contributed by atoms with Gasteiger partial charge in [-0.15, -0.1) is 0 Å². The normalized spacial score (nSPS) is 17.1. The molecule has 0 radical (unpaired) electrons. The Morgan fingerprint density at radius 1 is 1.00 bits per heavy atom. The molecule has 2 N–H and O–H groups in total. The van der Waals surface area contributed by atoms with Crippen molar-refractivity contribution in [3.05, 3.63) is 113 Å². The van der Waals surface area contributed by atoms with Crippen LogP contribution < -0.4 is 10.6 Å². The molecule has 2 amide bonds. The number of amides is 2. The van der Waals surface area contributed by atoms with E-state index in [2.05, 4.69) is 35.8 Å². The highest BCUT2D eigenvalue weighted by Crippen LogP contribution is 2.25. The zero-order valence-corrected chi connectivity index (χ0v) is 21.1. The number of aryl methyl sites for hydroxylation is 1. The van der Waals surface area contributed by atoms with Gasteiger partial charge in [0.2, 0.25) is 11.8 Å². The minimum absolute atomic E-state index is 0.0232. The number of allylic oxidation sites excluding steroid dienone is 1. The third-order valence-electron chi connectivity index (χ3n) is 6.85. The summed E-state index contributed by atoms with van der Waals surface area (Å²) in [7, 11) is 0.